The number of hydrogen-bond donors (Lipinski definition) is 2. The van der Waals surface area contributed by atoms with E-state index >= 15 is 0 Å². The third-order valence-electron chi connectivity index (χ3n) is 7.21. The number of esters is 1. The minimum atomic E-state index is -0.710. The van der Waals surface area contributed by atoms with Crippen LogP contribution in [0, 0.1) is 0 Å². The molecule has 0 saturated heterocycles. The van der Waals surface area contributed by atoms with Gasteiger partial charge in [-0.1, -0.05) is 54.6 Å². The van der Waals surface area contributed by atoms with Gasteiger partial charge in [-0.05, 0) is 82.3 Å². The summed E-state index contributed by atoms with van der Waals surface area (Å²) in [4.78, 5) is 56.3. The molecule has 0 fully saturated rings. The van der Waals surface area contributed by atoms with Crippen molar-refractivity contribution in [3.8, 4) is 0 Å². The van der Waals surface area contributed by atoms with Crippen LogP contribution in [-0.4, -0.2) is 52.9 Å². The summed E-state index contributed by atoms with van der Waals surface area (Å²) < 4.78 is 10.6. The van der Waals surface area contributed by atoms with Gasteiger partial charge >= 0.3 is 12.1 Å². The highest BCUT2D eigenvalue weighted by Gasteiger charge is 2.37. The summed E-state index contributed by atoms with van der Waals surface area (Å²) >= 11 is 4.49. The van der Waals surface area contributed by atoms with Crippen LogP contribution in [0.4, 0.5) is 16.2 Å². The van der Waals surface area contributed by atoms with Crippen molar-refractivity contribution in [3.63, 3.8) is 0 Å². The molecule has 45 heavy (non-hydrogen) atoms. The molecule has 0 saturated carbocycles. The number of anilines is 2. The molecule has 0 bridgehead atoms. The summed E-state index contributed by atoms with van der Waals surface area (Å²) in [6.45, 7) is 7.11. The highest BCUT2D eigenvalue weighted by Crippen LogP contribution is 2.37. The van der Waals surface area contributed by atoms with Gasteiger partial charge in [0.25, 0.3) is 11.8 Å². The maximum absolute atomic E-state index is 14.4. The van der Waals surface area contributed by atoms with E-state index in [-0.39, 0.29) is 31.4 Å². The number of aryl methyl sites for hydroxylation is 1. The molecule has 1 N–H and O–H groups in total. The summed E-state index contributed by atoms with van der Waals surface area (Å²) in [5, 5.41) is 2.33. The topological polar surface area (TPSA) is 105 Å². The van der Waals surface area contributed by atoms with Gasteiger partial charge in [-0.2, -0.15) is 12.6 Å². The Morgan fingerprint density at radius 2 is 1.64 bits per heavy atom. The van der Waals surface area contributed by atoms with Gasteiger partial charge in [-0.15, -0.1) is 0 Å². The molecule has 3 aromatic rings. The molecule has 2 unspecified atom stereocenters. The third kappa shape index (κ3) is 9.11. The molecule has 1 aliphatic rings. The van der Waals surface area contributed by atoms with Crippen molar-refractivity contribution in [1.82, 2.24) is 10.2 Å². The van der Waals surface area contributed by atoms with Crippen molar-refractivity contribution in [2.75, 3.05) is 18.1 Å². The van der Waals surface area contributed by atoms with E-state index in [1.165, 1.54) is 4.90 Å². The van der Waals surface area contributed by atoms with Gasteiger partial charge in [-0.3, -0.25) is 19.3 Å². The van der Waals surface area contributed by atoms with Gasteiger partial charge in [-0.25, -0.2) is 4.79 Å². The lowest BCUT2D eigenvalue weighted by Gasteiger charge is -2.30. The maximum atomic E-state index is 14.4. The van der Waals surface area contributed by atoms with Crippen LogP contribution < -0.4 is 10.2 Å². The third-order valence-corrected chi connectivity index (χ3v) is 7.60. The molecule has 0 radical (unpaired) electrons. The van der Waals surface area contributed by atoms with E-state index in [9.17, 15) is 19.2 Å². The Kier molecular flexibility index (Phi) is 11.3. The molecule has 3 aromatic carbocycles. The number of thiol groups is 1. The van der Waals surface area contributed by atoms with E-state index in [1.54, 1.807) is 38.7 Å². The number of rotatable bonds is 11. The fourth-order valence-electron chi connectivity index (χ4n) is 5.27. The normalized spacial score (nSPS) is 14.7. The number of nitrogens with zero attached hydrogens (tertiary/aromatic N) is 2. The van der Waals surface area contributed by atoms with Crippen LogP contribution in [-0.2, 0) is 25.5 Å². The van der Waals surface area contributed by atoms with Crippen LogP contribution in [0.5, 0.6) is 0 Å². The summed E-state index contributed by atoms with van der Waals surface area (Å²) in [6.07, 6.45) is 1.24. The van der Waals surface area contributed by atoms with Crippen molar-refractivity contribution in [2.24, 2.45) is 0 Å². The largest absolute Gasteiger partial charge is 0.466 e. The van der Waals surface area contributed by atoms with Gasteiger partial charge in [0.15, 0.2) is 0 Å². The molecule has 0 spiro atoms. The number of benzene rings is 3. The van der Waals surface area contributed by atoms with Crippen LogP contribution in [0.3, 0.4) is 0 Å². The average molecular weight is 632 g/mol. The predicted molar refractivity (Wildman–Crippen MR) is 177 cm³/mol. The number of fused-ring (bicyclic) bond motifs is 1. The molecular formula is C35H41N3O6S. The smallest absolute Gasteiger partial charge is 0.408 e. The van der Waals surface area contributed by atoms with E-state index in [4.69, 9.17) is 9.47 Å². The Labute approximate surface area is 270 Å². The monoisotopic (exact) mass is 631 g/mol. The first-order chi connectivity index (χ1) is 21.5. The first-order valence-corrected chi connectivity index (χ1v) is 15.7. The van der Waals surface area contributed by atoms with Gasteiger partial charge in [0, 0.05) is 5.69 Å². The van der Waals surface area contributed by atoms with E-state index in [2.05, 4.69) is 17.9 Å². The van der Waals surface area contributed by atoms with Crippen molar-refractivity contribution < 1.29 is 28.7 Å². The average Bonchev–Trinajstić information content (AvgIpc) is 3.09. The van der Waals surface area contributed by atoms with Crippen LogP contribution >= 0.6 is 12.6 Å². The molecule has 238 valence electrons. The van der Waals surface area contributed by atoms with Crippen LogP contribution in [0.1, 0.15) is 74.5 Å². The molecule has 1 heterocycles. The molecule has 0 aliphatic carbocycles. The van der Waals surface area contributed by atoms with Crippen LogP contribution in [0.2, 0.25) is 0 Å². The summed E-state index contributed by atoms with van der Waals surface area (Å²) in [5.74, 6) is -1.10. The molecule has 9 nitrogen and oxygen atoms in total. The van der Waals surface area contributed by atoms with Gasteiger partial charge in [0.2, 0.25) is 0 Å². The summed E-state index contributed by atoms with van der Waals surface area (Å²) in [5.41, 5.74) is 2.49. The molecule has 10 heteroatoms. The van der Waals surface area contributed by atoms with E-state index in [0.717, 1.165) is 11.1 Å². The second-order valence-corrected chi connectivity index (χ2v) is 12.5. The Morgan fingerprint density at radius 3 is 2.29 bits per heavy atom. The Hall–Kier alpha value is -4.31. The lowest BCUT2D eigenvalue weighted by molar-refractivity contribution is -0.144. The molecule has 1 aliphatic heterocycles. The van der Waals surface area contributed by atoms with E-state index in [0.29, 0.717) is 36.2 Å². The minimum Gasteiger partial charge on any atom is -0.466 e. The zero-order chi connectivity index (χ0) is 32.6. The van der Waals surface area contributed by atoms with Crippen LogP contribution in [0.15, 0.2) is 78.9 Å². The molecule has 4 rings (SSSR count). The number of para-hydroxylation sites is 1. The first-order valence-electron chi connectivity index (χ1n) is 15.2. The minimum absolute atomic E-state index is 0.0920. The SMILES string of the molecule is CCOC(=O)CC(c1ccccc1)N1CC(=O)N(c2ccccc2)c2ccc(CCCC(S)NC(=O)OC(C)(C)C)cc2C1=O. The number of ether oxygens (including phenoxy) is 2. The quantitative estimate of drug-likeness (QED) is 0.140. The number of nitrogens with one attached hydrogen (secondary N) is 1. The van der Waals surface area contributed by atoms with E-state index in [1.807, 2.05) is 72.8 Å². The molecule has 2 atom stereocenters. The summed E-state index contributed by atoms with van der Waals surface area (Å²) in [7, 11) is 0. The highest BCUT2D eigenvalue weighted by molar-refractivity contribution is 7.80. The lowest BCUT2D eigenvalue weighted by Crippen LogP contribution is -2.41. The first kappa shape index (κ1) is 33.6. The molecule has 3 amide bonds. The van der Waals surface area contributed by atoms with Crippen molar-refractivity contribution in [1.29, 1.82) is 0 Å². The maximum Gasteiger partial charge on any atom is 0.408 e. The van der Waals surface area contributed by atoms with E-state index < -0.39 is 29.1 Å². The Balaban J connectivity index is 1.65. The zero-order valence-electron chi connectivity index (χ0n) is 26.2. The van der Waals surface area contributed by atoms with Crippen molar-refractivity contribution >= 4 is 47.9 Å². The highest BCUT2D eigenvalue weighted by atomic mass is 32.1. The lowest BCUT2D eigenvalue weighted by atomic mass is 9.99. The van der Waals surface area contributed by atoms with Crippen molar-refractivity contribution in [2.45, 2.75) is 70.4 Å². The summed E-state index contributed by atoms with van der Waals surface area (Å²) in [6, 6.07) is 23.3. The Bertz CT molecular complexity index is 1490. The second-order valence-electron chi connectivity index (χ2n) is 11.8. The zero-order valence-corrected chi connectivity index (χ0v) is 27.1. The fraction of sp³-hybridized carbons (Fsp3) is 0.371. The fourth-order valence-corrected chi connectivity index (χ4v) is 5.56. The van der Waals surface area contributed by atoms with Gasteiger partial charge < -0.3 is 19.7 Å². The predicted octanol–water partition coefficient (Wildman–Crippen LogP) is 6.60. The number of carbonyl (C=O) groups is 4. The van der Waals surface area contributed by atoms with Gasteiger partial charge in [0.05, 0.1) is 35.7 Å². The number of amides is 3. The van der Waals surface area contributed by atoms with Gasteiger partial charge in [0.1, 0.15) is 12.1 Å². The van der Waals surface area contributed by atoms with Crippen LogP contribution in [0.25, 0.3) is 0 Å². The Morgan fingerprint density at radius 1 is 0.978 bits per heavy atom. The number of hydrogen-bond acceptors (Lipinski definition) is 7. The van der Waals surface area contributed by atoms with Crippen molar-refractivity contribution in [3.05, 3.63) is 95.6 Å². The number of alkyl carbamates (subject to hydrolysis) is 1. The molecule has 0 aromatic heterocycles. The number of carbonyl (C=O) groups excluding carboxylic acids is 4. The standard InChI is InChI=1S/C35H41N3O6S/c1-5-43-32(40)22-29(25-14-8-6-9-15-25)37-23-31(39)38(26-16-10-7-11-17-26)28-20-19-24(21-27(28)33(37)41)13-12-18-30(45)36-34(42)44-35(2,3)4/h6-11,14-17,19-21,29-30,45H,5,12-13,18,22-23H2,1-4H3,(H,36,42). The second kappa shape index (κ2) is 15.1. The molecular weight excluding hydrogens is 590 g/mol.